The number of fused-ring (bicyclic) bond motifs is 1. The summed E-state index contributed by atoms with van der Waals surface area (Å²) in [5, 5.41) is 13.0. The van der Waals surface area contributed by atoms with Gasteiger partial charge in [0.05, 0.1) is 0 Å². The van der Waals surface area contributed by atoms with E-state index < -0.39 is 5.97 Å². The van der Waals surface area contributed by atoms with Crippen LogP contribution in [0.4, 0.5) is 0 Å². The van der Waals surface area contributed by atoms with Gasteiger partial charge in [-0.25, -0.2) is 4.79 Å². The first-order valence-corrected chi connectivity index (χ1v) is 6.94. The molecule has 2 rings (SSSR count). The third-order valence-corrected chi connectivity index (χ3v) is 3.52. The fourth-order valence-corrected chi connectivity index (χ4v) is 2.54. The van der Waals surface area contributed by atoms with Crippen LogP contribution in [0.2, 0.25) is 0 Å². The number of nitrogens with one attached hydrogen (secondary N) is 2. The van der Waals surface area contributed by atoms with Crippen molar-refractivity contribution in [3.63, 3.8) is 0 Å². The van der Waals surface area contributed by atoms with E-state index >= 15 is 0 Å². The average Bonchev–Trinajstić information content (AvgIpc) is 2.74. The summed E-state index contributed by atoms with van der Waals surface area (Å²) in [5.41, 5.74) is 3.63. The molecule has 0 spiro atoms. The Kier molecular flexibility index (Phi) is 4.02. The molecule has 21 heavy (non-hydrogen) atoms. The van der Waals surface area contributed by atoms with E-state index in [1.54, 1.807) is 13.8 Å². The largest absolute Gasteiger partial charge is 0.477 e. The van der Waals surface area contributed by atoms with Crippen molar-refractivity contribution in [3.8, 4) is 0 Å². The summed E-state index contributed by atoms with van der Waals surface area (Å²) in [5.74, 6) is -1.24. The molecule has 1 aromatic carbocycles. The van der Waals surface area contributed by atoms with E-state index in [1.807, 2.05) is 26.0 Å². The minimum absolute atomic E-state index is 0.0922. The van der Waals surface area contributed by atoms with Crippen molar-refractivity contribution in [2.45, 2.75) is 34.2 Å². The van der Waals surface area contributed by atoms with Crippen molar-refractivity contribution >= 4 is 22.8 Å². The lowest BCUT2D eigenvalue weighted by Gasteiger charge is -2.09. The number of H-pyrrole nitrogens is 1. The second-order valence-corrected chi connectivity index (χ2v) is 5.66. The average molecular weight is 288 g/mol. The highest BCUT2D eigenvalue weighted by molar-refractivity contribution is 5.99. The molecule has 0 unspecified atom stereocenters. The molecule has 0 fully saturated rings. The molecule has 5 heteroatoms. The Morgan fingerprint density at radius 2 is 1.95 bits per heavy atom. The number of carboxylic acid groups (broad SMARTS) is 1. The van der Waals surface area contributed by atoms with Gasteiger partial charge in [0, 0.05) is 28.9 Å². The molecular weight excluding hydrogens is 268 g/mol. The first-order valence-electron chi connectivity index (χ1n) is 6.94. The fraction of sp³-hybridized carbons (Fsp3) is 0.375. The standard InChI is InChI=1S/C16H20N2O3/c1-8(2)15(19)17-7-11-13-10(4)5-9(3)6-12(13)18-14(11)16(20)21/h5-6,8,18H,7H2,1-4H3,(H,17,19)(H,20,21). The van der Waals surface area contributed by atoms with Gasteiger partial charge >= 0.3 is 5.97 Å². The van der Waals surface area contributed by atoms with Gasteiger partial charge in [-0.05, 0) is 31.0 Å². The van der Waals surface area contributed by atoms with Crippen LogP contribution in [0.5, 0.6) is 0 Å². The summed E-state index contributed by atoms with van der Waals surface area (Å²) in [6.07, 6.45) is 0. The number of amides is 1. The zero-order chi connectivity index (χ0) is 15.7. The van der Waals surface area contributed by atoms with Crippen LogP contribution in [-0.2, 0) is 11.3 Å². The number of hydrogen-bond donors (Lipinski definition) is 3. The second kappa shape index (κ2) is 5.60. The summed E-state index contributed by atoms with van der Waals surface area (Å²) in [7, 11) is 0. The first-order chi connectivity index (χ1) is 9.81. The van der Waals surface area contributed by atoms with Crippen molar-refractivity contribution in [1.29, 1.82) is 0 Å². The number of benzene rings is 1. The van der Waals surface area contributed by atoms with Gasteiger partial charge in [0.15, 0.2) is 0 Å². The lowest BCUT2D eigenvalue weighted by atomic mass is 10.0. The van der Waals surface area contributed by atoms with Gasteiger partial charge in [-0.1, -0.05) is 19.9 Å². The van der Waals surface area contributed by atoms with E-state index in [4.69, 9.17) is 0 Å². The third-order valence-electron chi connectivity index (χ3n) is 3.52. The smallest absolute Gasteiger partial charge is 0.352 e. The molecule has 3 N–H and O–H groups in total. The molecule has 2 aromatic rings. The number of hydrogen-bond acceptors (Lipinski definition) is 2. The van der Waals surface area contributed by atoms with Gasteiger partial charge in [-0.3, -0.25) is 4.79 Å². The highest BCUT2D eigenvalue weighted by atomic mass is 16.4. The lowest BCUT2D eigenvalue weighted by molar-refractivity contribution is -0.124. The zero-order valence-electron chi connectivity index (χ0n) is 12.7. The van der Waals surface area contributed by atoms with Crippen molar-refractivity contribution < 1.29 is 14.7 Å². The molecule has 112 valence electrons. The maximum Gasteiger partial charge on any atom is 0.352 e. The van der Waals surface area contributed by atoms with Crippen molar-refractivity contribution in [2.75, 3.05) is 0 Å². The third kappa shape index (κ3) is 2.91. The van der Waals surface area contributed by atoms with E-state index in [1.165, 1.54) is 0 Å². The molecule has 0 aliphatic heterocycles. The van der Waals surface area contributed by atoms with E-state index in [-0.39, 0.29) is 24.1 Å². The number of rotatable bonds is 4. The van der Waals surface area contributed by atoms with Crippen molar-refractivity contribution in [1.82, 2.24) is 10.3 Å². The minimum Gasteiger partial charge on any atom is -0.477 e. The Balaban J connectivity index is 2.51. The number of carbonyl (C=O) groups is 2. The molecule has 0 bridgehead atoms. The summed E-state index contributed by atoms with van der Waals surface area (Å²) in [6, 6.07) is 3.93. The van der Waals surface area contributed by atoms with Crippen LogP contribution >= 0.6 is 0 Å². The van der Waals surface area contributed by atoms with Crippen molar-refractivity contribution in [3.05, 3.63) is 34.5 Å². The number of aromatic carboxylic acids is 1. The van der Waals surface area contributed by atoms with Gasteiger partial charge in [-0.15, -0.1) is 0 Å². The van der Waals surface area contributed by atoms with Crippen LogP contribution in [0, 0.1) is 19.8 Å². The van der Waals surface area contributed by atoms with E-state index in [0.717, 1.165) is 22.0 Å². The predicted molar refractivity (Wildman–Crippen MR) is 81.4 cm³/mol. The van der Waals surface area contributed by atoms with E-state index in [9.17, 15) is 14.7 Å². The molecule has 0 saturated carbocycles. The van der Waals surface area contributed by atoms with E-state index in [0.29, 0.717) is 5.56 Å². The Bertz CT molecular complexity index is 714. The topological polar surface area (TPSA) is 82.2 Å². The molecule has 1 amide bonds. The highest BCUT2D eigenvalue weighted by Crippen LogP contribution is 2.27. The second-order valence-electron chi connectivity index (χ2n) is 5.66. The summed E-state index contributed by atoms with van der Waals surface area (Å²) in [4.78, 5) is 26.1. The van der Waals surface area contributed by atoms with Crippen LogP contribution in [-0.4, -0.2) is 22.0 Å². The van der Waals surface area contributed by atoms with Crippen LogP contribution in [0.15, 0.2) is 12.1 Å². The molecular formula is C16H20N2O3. The van der Waals surface area contributed by atoms with Crippen LogP contribution < -0.4 is 5.32 Å². The molecule has 1 aromatic heterocycles. The van der Waals surface area contributed by atoms with Crippen LogP contribution in [0.1, 0.15) is 41.0 Å². The monoisotopic (exact) mass is 288 g/mol. The van der Waals surface area contributed by atoms with Crippen LogP contribution in [0.25, 0.3) is 10.9 Å². The molecule has 5 nitrogen and oxygen atoms in total. The van der Waals surface area contributed by atoms with Gasteiger partial charge in [0.1, 0.15) is 5.69 Å². The number of carbonyl (C=O) groups excluding carboxylic acids is 1. The molecule has 1 heterocycles. The Morgan fingerprint density at radius 1 is 1.29 bits per heavy atom. The first kappa shape index (κ1) is 15.1. The molecule has 0 aliphatic rings. The van der Waals surface area contributed by atoms with Gasteiger partial charge in [0.2, 0.25) is 5.91 Å². The molecule has 0 atom stereocenters. The van der Waals surface area contributed by atoms with Crippen molar-refractivity contribution in [2.24, 2.45) is 5.92 Å². The summed E-state index contributed by atoms with van der Waals surface area (Å²) < 4.78 is 0. The number of aryl methyl sites for hydroxylation is 2. The summed E-state index contributed by atoms with van der Waals surface area (Å²) in [6.45, 7) is 7.73. The van der Waals surface area contributed by atoms with Gasteiger partial charge in [0.25, 0.3) is 0 Å². The number of aromatic nitrogens is 1. The van der Waals surface area contributed by atoms with E-state index in [2.05, 4.69) is 10.3 Å². The molecule has 0 saturated heterocycles. The maximum atomic E-state index is 11.7. The minimum atomic E-state index is -1.02. The lowest BCUT2D eigenvalue weighted by Crippen LogP contribution is -2.27. The Hall–Kier alpha value is -2.30. The Morgan fingerprint density at radius 3 is 2.52 bits per heavy atom. The Labute approximate surface area is 123 Å². The highest BCUT2D eigenvalue weighted by Gasteiger charge is 2.19. The quantitative estimate of drug-likeness (QED) is 0.809. The number of carboxylic acids is 1. The zero-order valence-corrected chi connectivity index (χ0v) is 12.7. The SMILES string of the molecule is Cc1cc(C)c2c(CNC(=O)C(C)C)c(C(=O)O)[nH]c2c1. The normalized spacial score (nSPS) is 11.1. The predicted octanol–water partition coefficient (Wildman–Crippen LogP) is 2.76. The fourth-order valence-electron chi connectivity index (χ4n) is 2.54. The van der Waals surface area contributed by atoms with Gasteiger partial charge in [-0.2, -0.15) is 0 Å². The molecule has 0 aliphatic carbocycles. The molecule has 0 radical (unpaired) electrons. The van der Waals surface area contributed by atoms with Crippen LogP contribution in [0.3, 0.4) is 0 Å². The number of aromatic amines is 1. The van der Waals surface area contributed by atoms with Gasteiger partial charge < -0.3 is 15.4 Å². The maximum absolute atomic E-state index is 11.7. The summed E-state index contributed by atoms with van der Waals surface area (Å²) >= 11 is 0.